The number of hydrogen-bond donors (Lipinski definition) is 1. The molecule has 0 aromatic heterocycles. The number of aliphatic carboxylic acids is 1. The molecule has 2 aliphatic carbocycles. The maximum Gasteiger partial charge on any atom is 0.573 e. The standard InChI is InChI=1S/C17H17F3O3/c18-17(19,20)23-13-3-1-2-11(9-13)16-12-5-4-10(8-12)14(16)6-7-15(21)22/h1-5,9-10,12,14,16H,6-8H2,(H,21,22). The lowest BCUT2D eigenvalue weighted by Gasteiger charge is -2.28. The van der Waals surface area contributed by atoms with Crippen LogP contribution >= 0.6 is 0 Å². The zero-order chi connectivity index (χ0) is 16.6. The molecule has 3 nitrogen and oxygen atoms in total. The van der Waals surface area contributed by atoms with Gasteiger partial charge in [0.25, 0.3) is 0 Å². The Kier molecular flexibility index (Phi) is 4.08. The molecule has 1 aromatic carbocycles. The maximum atomic E-state index is 12.4. The Morgan fingerprint density at radius 1 is 1.26 bits per heavy atom. The zero-order valence-electron chi connectivity index (χ0n) is 12.3. The zero-order valence-corrected chi connectivity index (χ0v) is 12.3. The first kappa shape index (κ1) is 15.9. The van der Waals surface area contributed by atoms with Crippen LogP contribution in [-0.2, 0) is 4.79 Å². The van der Waals surface area contributed by atoms with E-state index in [1.807, 2.05) is 0 Å². The van der Waals surface area contributed by atoms with Gasteiger partial charge in [0.1, 0.15) is 5.75 Å². The Labute approximate surface area is 131 Å². The lowest BCUT2D eigenvalue weighted by atomic mass is 9.76. The number of fused-ring (bicyclic) bond motifs is 2. The van der Waals surface area contributed by atoms with Gasteiger partial charge in [0.15, 0.2) is 0 Å². The average Bonchev–Trinajstić information content (AvgIpc) is 3.04. The first-order valence-electron chi connectivity index (χ1n) is 7.59. The molecule has 6 heteroatoms. The molecule has 1 fully saturated rings. The van der Waals surface area contributed by atoms with Gasteiger partial charge in [-0.2, -0.15) is 0 Å². The molecule has 4 atom stereocenters. The predicted molar refractivity (Wildman–Crippen MR) is 77.0 cm³/mol. The first-order valence-corrected chi connectivity index (χ1v) is 7.59. The van der Waals surface area contributed by atoms with Crippen LogP contribution in [0.5, 0.6) is 5.75 Å². The summed E-state index contributed by atoms with van der Waals surface area (Å²) in [6.07, 6.45) is 1.07. The van der Waals surface area contributed by atoms with Gasteiger partial charge in [-0.05, 0) is 54.2 Å². The van der Waals surface area contributed by atoms with Crippen LogP contribution in [0.3, 0.4) is 0 Å². The largest absolute Gasteiger partial charge is 0.573 e. The summed E-state index contributed by atoms with van der Waals surface area (Å²) >= 11 is 0. The van der Waals surface area contributed by atoms with Crippen molar-refractivity contribution in [2.75, 3.05) is 0 Å². The highest BCUT2D eigenvalue weighted by atomic mass is 19.4. The third-order valence-corrected chi connectivity index (χ3v) is 4.79. The lowest BCUT2D eigenvalue weighted by Crippen LogP contribution is -2.20. The van der Waals surface area contributed by atoms with Gasteiger partial charge in [0.05, 0.1) is 0 Å². The molecule has 2 bridgehead atoms. The summed E-state index contributed by atoms with van der Waals surface area (Å²) in [5.41, 5.74) is 0.791. The molecule has 0 radical (unpaired) electrons. The maximum absolute atomic E-state index is 12.4. The molecule has 3 rings (SSSR count). The Morgan fingerprint density at radius 3 is 2.70 bits per heavy atom. The van der Waals surface area contributed by atoms with E-state index in [4.69, 9.17) is 5.11 Å². The van der Waals surface area contributed by atoms with E-state index in [0.717, 1.165) is 12.0 Å². The minimum Gasteiger partial charge on any atom is -0.481 e. The van der Waals surface area contributed by atoms with E-state index < -0.39 is 12.3 Å². The number of alkyl halides is 3. The number of carboxylic acids is 1. The smallest absolute Gasteiger partial charge is 0.481 e. The van der Waals surface area contributed by atoms with Crippen molar-refractivity contribution in [3.8, 4) is 5.75 Å². The van der Waals surface area contributed by atoms with E-state index >= 15 is 0 Å². The molecule has 0 saturated heterocycles. The second-order valence-electron chi connectivity index (χ2n) is 6.19. The third-order valence-electron chi connectivity index (χ3n) is 4.79. The summed E-state index contributed by atoms with van der Waals surface area (Å²) < 4.78 is 41.2. The van der Waals surface area contributed by atoms with E-state index in [0.29, 0.717) is 12.3 Å². The van der Waals surface area contributed by atoms with Gasteiger partial charge in [-0.1, -0.05) is 24.3 Å². The Balaban J connectivity index is 1.83. The highest BCUT2D eigenvalue weighted by molar-refractivity contribution is 5.66. The number of carboxylic acid groups (broad SMARTS) is 1. The predicted octanol–water partition coefficient (Wildman–Crippen LogP) is 4.36. The van der Waals surface area contributed by atoms with Crippen LogP contribution in [0.15, 0.2) is 36.4 Å². The topological polar surface area (TPSA) is 46.5 Å². The van der Waals surface area contributed by atoms with Gasteiger partial charge in [-0.3, -0.25) is 4.79 Å². The number of halogens is 3. The molecule has 23 heavy (non-hydrogen) atoms. The number of carbonyl (C=O) groups is 1. The molecule has 2 aliphatic rings. The molecule has 1 N–H and O–H groups in total. The fourth-order valence-electron chi connectivity index (χ4n) is 4.02. The summed E-state index contributed by atoms with van der Waals surface area (Å²) in [5.74, 6) is -0.275. The number of rotatable bonds is 5. The van der Waals surface area contributed by atoms with E-state index in [1.165, 1.54) is 12.1 Å². The molecule has 4 unspecified atom stereocenters. The van der Waals surface area contributed by atoms with E-state index in [-0.39, 0.29) is 29.9 Å². The lowest BCUT2D eigenvalue weighted by molar-refractivity contribution is -0.274. The van der Waals surface area contributed by atoms with Crippen molar-refractivity contribution in [1.82, 2.24) is 0 Å². The number of hydrogen-bond acceptors (Lipinski definition) is 2. The van der Waals surface area contributed by atoms with Crippen LogP contribution in [0.1, 0.15) is 30.7 Å². The highest BCUT2D eigenvalue weighted by Gasteiger charge is 2.45. The van der Waals surface area contributed by atoms with Gasteiger partial charge in [-0.15, -0.1) is 13.2 Å². The Morgan fingerprint density at radius 2 is 2.00 bits per heavy atom. The van der Waals surface area contributed by atoms with E-state index in [2.05, 4.69) is 16.9 Å². The molecular weight excluding hydrogens is 309 g/mol. The van der Waals surface area contributed by atoms with E-state index in [1.54, 1.807) is 12.1 Å². The SMILES string of the molecule is O=C(O)CCC1C2C=CC(C2)C1c1cccc(OC(F)(F)F)c1. The Bertz CT molecular complexity index is 624. The minimum atomic E-state index is -4.71. The molecule has 1 saturated carbocycles. The third kappa shape index (κ3) is 3.51. The quantitative estimate of drug-likeness (QED) is 0.818. The minimum absolute atomic E-state index is 0.0566. The molecule has 0 aliphatic heterocycles. The van der Waals surface area contributed by atoms with Crippen molar-refractivity contribution in [3.63, 3.8) is 0 Å². The van der Waals surface area contributed by atoms with Crippen LogP contribution in [0, 0.1) is 17.8 Å². The molecule has 0 amide bonds. The average molecular weight is 326 g/mol. The van der Waals surface area contributed by atoms with Crippen LogP contribution in [0.25, 0.3) is 0 Å². The van der Waals surface area contributed by atoms with Gasteiger partial charge in [-0.25, -0.2) is 0 Å². The summed E-state index contributed by atoms with van der Waals surface area (Å²) in [4.78, 5) is 10.9. The van der Waals surface area contributed by atoms with E-state index in [9.17, 15) is 18.0 Å². The van der Waals surface area contributed by atoms with Gasteiger partial charge >= 0.3 is 12.3 Å². The molecule has 1 aromatic rings. The van der Waals surface area contributed by atoms with Crippen molar-refractivity contribution < 1.29 is 27.8 Å². The van der Waals surface area contributed by atoms with Gasteiger partial charge < -0.3 is 9.84 Å². The number of benzene rings is 1. The van der Waals surface area contributed by atoms with Gasteiger partial charge in [0.2, 0.25) is 0 Å². The van der Waals surface area contributed by atoms with Gasteiger partial charge in [0, 0.05) is 6.42 Å². The number of ether oxygens (including phenoxy) is 1. The first-order chi connectivity index (χ1) is 10.8. The van der Waals surface area contributed by atoms with Crippen molar-refractivity contribution in [1.29, 1.82) is 0 Å². The second-order valence-corrected chi connectivity index (χ2v) is 6.19. The normalized spacial score (nSPS) is 29.0. The summed E-state index contributed by atoms with van der Waals surface area (Å²) in [6.45, 7) is 0. The molecule has 124 valence electrons. The Hall–Kier alpha value is -1.98. The molecular formula is C17H17F3O3. The molecule has 0 heterocycles. The fourth-order valence-corrected chi connectivity index (χ4v) is 4.02. The van der Waals surface area contributed by atoms with Crippen molar-refractivity contribution >= 4 is 5.97 Å². The number of allylic oxidation sites excluding steroid dienone is 2. The van der Waals surface area contributed by atoms with Crippen LogP contribution in [-0.4, -0.2) is 17.4 Å². The van der Waals surface area contributed by atoms with Crippen molar-refractivity contribution in [3.05, 3.63) is 42.0 Å². The summed E-state index contributed by atoms with van der Waals surface area (Å²) in [6, 6.07) is 6.07. The monoisotopic (exact) mass is 326 g/mol. The molecule has 0 spiro atoms. The van der Waals surface area contributed by atoms with Crippen molar-refractivity contribution in [2.45, 2.75) is 31.5 Å². The van der Waals surface area contributed by atoms with Crippen LogP contribution < -0.4 is 4.74 Å². The fraction of sp³-hybridized carbons (Fsp3) is 0.471. The summed E-state index contributed by atoms with van der Waals surface area (Å²) in [7, 11) is 0. The van der Waals surface area contributed by atoms with Crippen molar-refractivity contribution in [2.24, 2.45) is 17.8 Å². The van der Waals surface area contributed by atoms with Crippen LogP contribution in [0.4, 0.5) is 13.2 Å². The summed E-state index contributed by atoms with van der Waals surface area (Å²) in [5, 5.41) is 8.91. The second kappa shape index (κ2) is 5.91. The van der Waals surface area contributed by atoms with Crippen LogP contribution in [0.2, 0.25) is 0 Å². The highest BCUT2D eigenvalue weighted by Crippen LogP contribution is 2.54.